The van der Waals surface area contributed by atoms with E-state index in [-0.39, 0.29) is 0 Å². The van der Waals surface area contributed by atoms with Gasteiger partial charge in [0.2, 0.25) is 5.95 Å². The number of fused-ring (bicyclic) bond motifs is 1. The topological polar surface area (TPSA) is 67.1 Å². The highest BCUT2D eigenvalue weighted by molar-refractivity contribution is 5.53. The third-order valence-corrected chi connectivity index (χ3v) is 3.60. The van der Waals surface area contributed by atoms with Crippen LogP contribution in [0.25, 0.3) is 0 Å². The first-order valence-electron chi connectivity index (χ1n) is 6.44. The van der Waals surface area contributed by atoms with E-state index in [0.29, 0.717) is 5.95 Å². The number of nitrogens with two attached hydrogens (primary N) is 1. The maximum atomic E-state index is 5.76. The Balaban J connectivity index is 1.82. The van der Waals surface area contributed by atoms with Gasteiger partial charge in [-0.3, -0.25) is 4.90 Å². The van der Waals surface area contributed by atoms with Crippen LogP contribution in [-0.4, -0.2) is 34.5 Å². The van der Waals surface area contributed by atoms with Gasteiger partial charge >= 0.3 is 0 Å². The number of hydrogen-bond donors (Lipinski definition) is 2. The average molecular weight is 233 g/mol. The Labute approximate surface area is 101 Å². The predicted molar refractivity (Wildman–Crippen MR) is 67.8 cm³/mol. The number of nitrogens with zero attached hydrogens (tertiary/aromatic N) is 3. The van der Waals surface area contributed by atoms with E-state index in [9.17, 15) is 0 Å². The van der Waals surface area contributed by atoms with Crippen LogP contribution in [0.5, 0.6) is 0 Å². The quantitative estimate of drug-likeness (QED) is 0.798. The van der Waals surface area contributed by atoms with Crippen molar-refractivity contribution in [2.24, 2.45) is 0 Å². The predicted octanol–water partition coefficient (Wildman–Crippen LogP) is 1.01. The monoisotopic (exact) mass is 233 g/mol. The zero-order chi connectivity index (χ0) is 11.7. The lowest BCUT2D eigenvalue weighted by atomic mass is 10.1. The van der Waals surface area contributed by atoms with Crippen molar-refractivity contribution in [2.45, 2.75) is 32.2 Å². The molecule has 1 aromatic rings. The van der Waals surface area contributed by atoms with Gasteiger partial charge in [0.25, 0.3) is 0 Å². The molecule has 0 saturated carbocycles. The second-order valence-electron chi connectivity index (χ2n) is 4.87. The van der Waals surface area contributed by atoms with Gasteiger partial charge < -0.3 is 11.1 Å². The molecule has 0 aromatic carbocycles. The molecule has 92 valence electrons. The molecule has 0 atom stereocenters. The molecule has 1 fully saturated rings. The highest BCUT2D eigenvalue weighted by Crippen LogP contribution is 2.25. The van der Waals surface area contributed by atoms with Crippen LogP contribution in [0, 0.1) is 0 Å². The number of rotatable bonds is 2. The molecule has 3 N–H and O–H groups in total. The van der Waals surface area contributed by atoms with Crippen LogP contribution in [0.2, 0.25) is 0 Å². The number of hydrogen-bond acceptors (Lipinski definition) is 5. The van der Waals surface area contributed by atoms with Gasteiger partial charge in [-0.15, -0.1) is 0 Å². The van der Waals surface area contributed by atoms with Crippen LogP contribution < -0.4 is 11.1 Å². The highest BCUT2D eigenvalue weighted by Gasteiger charge is 2.20. The van der Waals surface area contributed by atoms with Gasteiger partial charge in [0.05, 0.1) is 5.69 Å². The van der Waals surface area contributed by atoms with Gasteiger partial charge in [0.15, 0.2) is 0 Å². The smallest absolute Gasteiger partial charge is 0.222 e. The summed E-state index contributed by atoms with van der Waals surface area (Å²) in [6.45, 7) is 4.26. The Morgan fingerprint density at radius 2 is 2.00 bits per heavy atom. The van der Waals surface area contributed by atoms with E-state index in [1.807, 2.05) is 0 Å². The summed E-state index contributed by atoms with van der Waals surface area (Å²) in [6, 6.07) is 0. The van der Waals surface area contributed by atoms with Crippen molar-refractivity contribution in [1.82, 2.24) is 14.9 Å². The maximum Gasteiger partial charge on any atom is 0.222 e. The molecule has 3 rings (SSSR count). The molecule has 1 saturated heterocycles. The molecule has 2 aliphatic rings. The minimum atomic E-state index is 0.394. The molecule has 0 aliphatic carbocycles. The standard InChI is InChI=1S/C12H19N5/c13-12-15-10(8-17-6-2-1-3-7-17)9-4-5-14-11(9)16-12/h1-8H2,(H3,13,14,15,16). The number of anilines is 2. The lowest BCUT2D eigenvalue weighted by molar-refractivity contribution is 0.218. The van der Waals surface area contributed by atoms with E-state index in [1.165, 1.54) is 37.9 Å². The Kier molecular flexibility index (Phi) is 2.84. The number of likely N-dealkylation sites (tertiary alicyclic amines) is 1. The van der Waals surface area contributed by atoms with Crippen molar-refractivity contribution in [3.63, 3.8) is 0 Å². The summed E-state index contributed by atoms with van der Waals surface area (Å²) in [6.07, 6.45) is 5.00. The molecule has 0 spiro atoms. The van der Waals surface area contributed by atoms with Crippen molar-refractivity contribution in [3.05, 3.63) is 11.3 Å². The fourth-order valence-electron chi connectivity index (χ4n) is 2.72. The van der Waals surface area contributed by atoms with Gasteiger partial charge in [-0.05, 0) is 32.4 Å². The molecule has 0 radical (unpaired) electrons. The molecule has 0 amide bonds. The molecule has 5 nitrogen and oxygen atoms in total. The Hall–Kier alpha value is -1.36. The summed E-state index contributed by atoms with van der Waals surface area (Å²) in [5.41, 5.74) is 8.15. The van der Waals surface area contributed by atoms with Gasteiger partial charge in [-0.25, -0.2) is 4.98 Å². The zero-order valence-corrected chi connectivity index (χ0v) is 10.1. The van der Waals surface area contributed by atoms with Crippen molar-refractivity contribution >= 4 is 11.8 Å². The van der Waals surface area contributed by atoms with Gasteiger partial charge in [0, 0.05) is 18.7 Å². The van der Waals surface area contributed by atoms with Crippen LogP contribution >= 0.6 is 0 Å². The first-order chi connectivity index (χ1) is 8.33. The molecule has 0 bridgehead atoms. The Morgan fingerprint density at radius 1 is 1.18 bits per heavy atom. The minimum absolute atomic E-state index is 0.394. The average Bonchev–Trinajstić information content (AvgIpc) is 2.78. The highest BCUT2D eigenvalue weighted by atomic mass is 15.2. The first-order valence-corrected chi connectivity index (χ1v) is 6.44. The summed E-state index contributed by atoms with van der Waals surface area (Å²) in [5.74, 6) is 1.34. The van der Waals surface area contributed by atoms with E-state index in [1.54, 1.807) is 0 Å². The Morgan fingerprint density at radius 3 is 2.82 bits per heavy atom. The van der Waals surface area contributed by atoms with E-state index >= 15 is 0 Å². The minimum Gasteiger partial charge on any atom is -0.369 e. The van der Waals surface area contributed by atoms with Crippen molar-refractivity contribution in [3.8, 4) is 0 Å². The van der Waals surface area contributed by atoms with E-state index in [0.717, 1.165) is 31.0 Å². The van der Waals surface area contributed by atoms with Crippen LogP contribution in [0.4, 0.5) is 11.8 Å². The van der Waals surface area contributed by atoms with Crippen LogP contribution in [0.1, 0.15) is 30.5 Å². The summed E-state index contributed by atoms with van der Waals surface area (Å²) < 4.78 is 0. The molecule has 2 aliphatic heterocycles. The van der Waals surface area contributed by atoms with Crippen molar-refractivity contribution < 1.29 is 0 Å². The van der Waals surface area contributed by atoms with E-state index in [4.69, 9.17) is 5.73 Å². The summed E-state index contributed by atoms with van der Waals surface area (Å²) in [4.78, 5) is 11.1. The molecule has 1 aromatic heterocycles. The molecular weight excluding hydrogens is 214 g/mol. The second-order valence-corrected chi connectivity index (χ2v) is 4.87. The van der Waals surface area contributed by atoms with Gasteiger partial charge in [-0.1, -0.05) is 6.42 Å². The summed E-state index contributed by atoms with van der Waals surface area (Å²) >= 11 is 0. The third kappa shape index (κ3) is 2.20. The summed E-state index contributed by atoms with van der Waals surface area (Å²) in [7, 11) is 0. The Bertz CT molecular complexity index is 412. The van der Waals surface area contributed by atoms with Gasteiger partial charge in [-0.2, -0.15) is 4.98 Å². The molecule has 3 heterocycles. The third-order valence-electron chi connectivity index (χ3n) is 3.60. The first kappa shape index (κ1) is 10.8. The zero-order valence-electron chi connectivity index (χ0n) is 10.1. The lowest BCUT2D eigenvalue weighted by Crippen LogP contribution is -2.30. The molecule has 0 unspecified atom stereocenters. The second kappa shape index (κ2) is 4.49. The number of nitrogen functional groups attached to an aromatic ring is 1. The SMILES string of the molecule is Nc1nc(CN2CCCCC2)c2c(n1)NCC2. The molecule has 5 heteroatoms. The number of nitrogens with one attached hydrogen (secondary N) is 1. The summed E-state index contributed by atoms with van der Waals surface area (Å²) in [5, 5.41) is 3.27. The largest absolute Gasteiger partial charge is 0.369 e. The van der Waals surface area contributed by atoms with Crippen LogP contribution in [0.3, 0.4) is 0 Å². The van der Waals surface area contributed by atoms with Crippen molar-refractivity contribution in [1.29, 1.82) is 0 Å². The van der Waals surface area contributed by atoms with Crippen LogP contribution in [-0.2, 0) is 13.0 Å². The van der Waals surface area contributed by atoms with E-state index < -0.39 is 0 Å². The normalized spacial score (nSPS) is 20.0. The van der Waals surface area contributed by atoms with Gasteiger partial charge in [0.1, 0.15) is 5.82 Å². The fraction of sp³-hybridized carbons (Fsp3) is 0.667. The van der Waals surface area contributed by atoms with Crippen LogP contribution in [0.15, 0.2) is 0 Å². The molecular formula is C12H19N5. The number of piperidine rings is 1. The van der Waals surface area contributed by atoms with E-state index in [2.05, 4.69) is 20.2 Å². The maximum absolute atomic E-state index is 5.76. The lowest BCUT2D eigenvalue weighted by Gasteiger charge is -2.26. The fourth-order valence-corrected chi connectivity index (χ4v) is 2.72. The molecule has 17 heavy (non-hydrogen) atoms. The van der Waals surface area contributed by atoms with Crippen molar-refractivity contribution in [2.75, 3.05) is 30.7 Å². The number of aromatic nitrogens is 2.